The summed E-state index contributed by atoms with van der Waals surface area (Å²) in [6.45, 7) is 3.11. The molecular weight excluding hydrogens is 272 g/mol. The molecule has 0 spiro atoms. The third kappa shape index (κ3) is 3.74. The van der Waals surface area contributed by atoms with E-state index >= 15 is 0 Å². The summed E-state index contributed by atoms with van der Waals surface area (Å²) in [7, 11) is 0. The van der Waals surface area contributed by atoms with Gasteiger partial charge in [-0.1, -0.05) is 6.92 Å². The Kier molecular flexibility index (Phi) is 5.01. The van der Waals surface area contributed by atoms with Crippen LogP contribution < -0.4 is 11.1 Å². The molecule has 2 rings (SSSR count). The lowest BCUT2D eigenvalue weighted by Crippen LogP contribution is -2.06. The van der Waals surface area contributed by atoms with Gasteiger partial charge in [0.05, 0.1) is 18.7 Å². The van der Waals surface area contributed by atoms with Crippen LogP contribution in [0.4, 0.5) is 11.4 Å². The molecule has 0 fully saturated rings. The molecule has 3 N–H and O–H groups in total. The predicted octanol–water partition coefficient (Wildman–Crippen LogP) is 3.51. The molecule has 0 amide bonds. The van der Waals surface area contributed by atoms with Crippen LogP contribution >= 0.6 is 11.3 Å². The van der Waals surface area contributed by atoms with Gasteiger partial charge in [-0.15, -0.1) is 11.3 Å². The molecule has 1 aromatic carbocycles. The Balaban J connectivity index is 1.91. The number of hydrogen-bond acceptors (Lipinski definition) is 5. The van der Waals surface area contributed by atoms with Gasteiger partial charge in [0, 0.05) is 16.3 Å². The number of benzene rings is 1. The average Bonchev–Trinajstić information content (AvgIpc) is 2.88. The molecule has 0 saturated heterocycles. The maximum atomic E-state index is 11.6. The highest BCUT2D eigenvalue weighted by Gasteiger charge is 2.06. The van der Waals surface area contributed by atoms with Crippen LogP contribution in [-0.4, -0.2) is 12.6 Å². The van der Waals surface area contributed by atoms with Crippen LogP contribution in [0.1, 0.15) is 28.6 Å². The normalized spacial score (nSPS) is 10.2. The number of nitrogens with two attached hydrogens (primary N) is 1. The molecule has 0 aliphatic rings. The van der Waals surface area contributed by atoms with Gasteiger partial charge in [0.1, 0.15) is 0 Å². The summed E-state index contributed by atoms with van der Waals surface area (Å²) in [4.78, 5) is 12.8. The van der Waals surface area contributed by atoms with Crippen LogP contribution in [0.2, 0.25) is 0 Å². The van der Waals surface area contributed by atoms with Crippen molar-refractivity contribution in [1.82, 2.24) is 0 Å². The molecule has 2 aromatic rings. The number of carbonyl (C=O) groups is 1. The molecule has 106 valence electrons. The summed E-state index contributed by atoms with van der Waals surface area (Å²) < 4.78 is 5.08. The van der Waals surface area contributed by atoms with Crippen LogP contribution in [0, 0.1) is 0 Å². The molecule has 0 unspecified atom stereocenters. The van der Waals surface area contributed by atoms with Crippen molar-refractivity contribution in [2.24, 2.45) is 0 Å². The van der Waals surface area contributed by atoms with Crippen molar-refractivity contribution >= 4 is 28.7 Å². The number of hydrogen-bond donors (Lipinski definition) is 2. The topological polar surface area (TPSA) is 64.3 Å². The molecule has 4 nitrogen and oxygen atoms in total. The Labute approximate surface area is 122 Å². The van der Waals surface area contributed by atoms with E-state index in [1.54, 1.807) is 23.5 Å². The van der Waals surface area contributed by atoms with E-state index in [-0.39, 0.29) is 5.97 Å². The predicted molar refractivity (Wildman–Crippen MR) is 83.1 cm³/mol. The molecular formula is C15H18N2O2S. The maximum Gasteiger partial charge on any atom is 0.338 e. The molecule has 0 aliphatic carbocycles. The fourth-order valence-electron chi connectivity index (χ4n) is 1.68. The lowest BCUT2D eigenvalue weighted by Gasteiger charge is -2.07. The molecule has 0 bridgehead atoms. The SMILES string of the molecule is CCCOC(=O)c1ccc(NCc2sccc2N)cc1. The molecule has 0 atom stereocenters. The summed E-state index contributed by atoms with van der Waals surface area (Å²) in [5.41, 5.74) is 8.15. The van der Waals surface area contributed by atoms with Gasteiger partial charge in [0.2, 0.25) is 0 Å². The number of thiophene rings is 1. The van der Waals surface area contributed by atoms with Gasteiger partial charge >= 0.3 is 5.97 Å². The highest BCUT2D eigenvalue weighted by molar-refractivity contribution is 7.10. The first kappa shape index (κ1) is 14.4. The molecule has 0 aliphatic heterocycles. The fourth-order valence-corrected chi connectivity index (χ4v) is 2.42. The summed E-state index contributed by atoms with van der Waals surface area (Å²) in [6.07, 6.45) is 0.827. The molecule has 0 saturated carbocycles. The van der Waals surface area contributed by atoms with Gasteiger partial charge < -0.3 is 15.8 Å². The van der Waals surface area contributed by atoms with Crippen LogP contribution in [0.3, 0.4) is 0 Å². The monoisotopic (exact) mass is 290 g/mol. The van der Waals surface area contributed by atoms with E-state index in [0.717, 1.165) is 22.7 Å². The lowest BCUT2D eigenvalue weighted by molar-refractivity contribution is 0.0505. The Morgan fingerprint density at radius 1 is 1.30 bits per heavy atom. The number of carbonyl (C=O) groups excluding carboxylic acids is 1. The van der Waals surface area contributed by atoms with E-state index in [1.165, 1.54) is 0 Å². The van der Waals surface area contributed by atoms with Crippen molar-refractivity contribution in [3.63, 3.8) is 0 Å². The zero-order chi connectivity index (χ0) is 14.4. The first-order valence-corrected chi connectivity index (χ1v) is 7.41. The third-order valence-electron chi connectivity index (χ3n) is 2.79. The number of ether oxygens (including phenoxy) is 1. The summed E-state index contributed by atoms with van der Waals surface area (Å²) in [5, 5.41) is 5.25. The zero-order valence-corrected chi connectivity index (χ0v) is 12.2. The Morgan fingerprint density at radius 3 is 2.65 bits per heavy atom. The lowest BCUT2D eigenvalue weighted by atomic mass is 10.2. The second kappa shape index (κ2) is 6.96. The number of rotatable bonds is 6. The van der Waals surface area contributed by atoms with E-state index in [2.05, 4.69) is 5.32 Å². The molecule has 1 heterocycles. The van der Waals surface area contributed by atoms with Crippen molar-refractivity contribution in [3.8, 4) is 0 Å². The van der Waals surface area contributed by atoms with Crippen molar-refractivity contribution in [1.29, 1.82) is 0 Å². The van der Waals surface area contributed by atoms with E-state index in [1.807, 2.05) is 30.5 Å². The van der Waals surface area contributed by atoms with Gasteiger partial charge in [0.15, 0.2) is 0 Å². The summed E-state index contributed by atoms with van der Waals surface area (Å²) >= 11 is 1.62. The van der Waals surface area contributed by atoms with Crippen molar-refractivity contribution in [3.05, 3.63) is 46.2 Å². The minimum absolute atomic E-state index is 0.277. The first-order chi connectivity index (χ1) is 9.70. The fraction of sp³-hybridized carbons (Fsp3) is 0.267. The second-order valence-corrected chi connectivity index (χ2v) is 5.37. The van der Waals surface area contributed by atoms with Crippen molar-refractivity contribution in [2.75, 3.05) is 17.7 Å². The zero-order valence-electron chi connectivity index (χ0n) is 11.4. The number of nitrogens with one attached hydrogen (secondary N) is 1. The minimum atomic E-state index is -0.277. The average molecular weight is 290 g/mol. The van der Waals surface area contributed by atoms with Crippen LogP contribution in [-0.2, 0) is 11.3 Å². The van der Waals surface area contributed by atoms with Crippen LogP contribution in [0.5, 0.6) is 0 Å². The minimum Gasteiger partial charge on any atom is -0.462 e. The Hall–Kier alpha value is -2.01. The van der Waals surface area contributed by atoms with Crippen LogP contribution in [0.15, 0.2) is 35.7 Å². The maximum absolute atomic E-state index is 11.6. The highest BCUT2D eigenvalue weighted by atomic mass is 32.1. The molecule has 5 heteroatoms. The second-order valence-electron chi connectivity index (χ2n) is 4.37. The van der Waals surface area contributed by atoms with Crippen molar-refractivity contribution in [2.45, 2.75) is 19.9 Å². The summed E-state index contributed by atoms with van der Waals surface area (Å²) in [5.74, 6) is -0.277. The van der Waals surface area contributed by atoms with Crippen LogP contribution in [0.25, 0.3) is 0 Å². The quantitative estimate of drug-likeness (QED) is 0.799. The molecule has 1 aromatic heterocycles. The molecule has 20 heavy (non-hydrogen) atoms. The number of anilines is 2. The van der Waals surface area contributed by atoms with Crippen molar-refractivity contribution < 1.29 is 9.53 Å². The Morgan fingerprint density at radius 2 is 2.05 bits per heavy atom. The van der Waals surface area contributed by atoms with E-state index in [4.69, 9.17) is 10.5 Å². The van der Waals surface area contributed by atoms with Gasteiger partial charge in [-0.05, 0) is 42.1 Å². The van der Waals surface area contributed by atoms with E-state index in [9.17, 15) is 4.79 Å². The highest BCUT2D eigenvalue weighted by Crippen LogP contribution is 2.20. The van der Waals surface area contributed by atoms with E-state index < -0.39 is 0 Å². The first-order valence-electron chi connectivity index (χ1n) is 6.53. The summed E-state index contributed by atoms with van der Waals surface area (Å²) in [6, 6.07) is 9.16. The standard InChI is InChI=1S/C15H18N2O2S/c1-2-8-19-15(18)11-3-5-12(6-4-11)17-10-14-13(16)7-9-20-14/h3-7,9,17H,2,8,10,16H2,1H3. The van der Waals surface area contributed by atoms with E-state index in [0.29, 0.717) is 18.7 Å². The van der Waals surface area contributed by atoms with Gasteiger partial charge in [-0.2, -0.15) is 0 Å². The Bertz CT molecular complexity index is 564. The third-order valence-corrected chi connectivity index (χ3v) is 3.73. The van der Waals surface area contributed by atoms with Gasteiger partial charge in [-0.3, -0.25) is 0 Å². The number of esters is 1. The molecule has 0 radical (unpaired) electrons. The number of nitrogen functional groups attached to an aromatic ring is 1. The largest absolute Gasteiger partial charge is 0.462 e. The van der Waals surface area contributed by atoms with Gasteiger partial charge in [-0.25, -0.2) is 4.79 Å². The van der Waals surface area contributed by atoms with Gasteiger partial charge in [0.25, 0.3) is 0 Å². The smallest absolute Gasteiger partial charge is 0.338 e.